The van der Waals surface area contributed by atoms with Crippen molar-refractivity contribution in [2.45, 2.75) is 18.9 Å². The van der Waals surface area contributed by atoms with Gasteiger partial charge in [0, 0.05) is 39.5 Å². The zero-order valence-corrected chi connectivity index (χ0v) is 13.9. The Morgan fingerprint density at radius 1 is 1.17 bits per heavy atom. The molecule has 1 atom stereocenters. The molecule has 1 aromatic heterocycles. The van der Waals surface area contributed by atoms with Crippen LogP contribution in [0.25, 0.3) is 6.08 Å². The zero-order valence-electron chi connectivity index (χ0n) is 12.3. The van der Waals surface area contributed by atoms with Gasteiger partial charge in [0.15, 0.2) is 11.6 Å². The largest absolute Gasteiger partial charge is 0.339 e. The van der Waals surface area contributed by atoms with Crippen LogP contribution in [0.15, 0.2) is 64.3 Å². The minimum Gasteiger partial charge on any atom is -0.339 e. The first-order valence-corrected chi connectivity index (χ1v) is 8.36. The third-order valence-corrected chi connectivity index (χ3v) is 4.85. The number of nitrogens with zero attached hydrogens (tertiary/aromatic N) is 1. The van der Waals surface area contributed by atoms with Crippen molar-refractivity contribution in [3.8, 4) is 0 Å². The molecule has 0 unspecified atom stereocenters. The van der Waals surface area contributed by atoms with Gasteiger partial charge in [0.25, 0.3) is 0 Å². The zero-order chi connectivity index (χ0) is 16.0. The van der Waals surface area contributed by atoms with Crippen molar-refractivity contribution in [2.75, 3.05) is 0 Å². The van der Waals surface area contributed by atoms with Crippen molar-refractivity contribution in [1.29, 1.82) is 0 Å². The smallest absolute Gasteiger partial charge is 0.193 e. The van der Waals surface area contributed by atoms with E-state index in [0.717, 1.165) is 22.2 Å². The van der Waals surface area contributed by atoms with E-state index in [9.17, 15) is 9.59 Å². The number of fused-ring (bicyclic) bond motifs is 3. The molecule has 1 aliphatic carbocycles. The molecule has 114 valence electrons. The monoisotopic (exact) mass is 367 g/mol. The third kappa shape index (κ3) is 2.43. The Labute approximate surface area is 142 Å². The number of allylic oxidation sites excluding steroid dienone is 3. The molecule has 1 aliphatic heterocycles. The van der Waals surface area contributed by atoms with Crippen LogP contribution in [0.1, 0.15) is 34.9 Å². The minimum absolute atomic E-state index is 0.0288. The van der Waals surface area contributed by atoms with E-state index < -0.39 is 0 Å². The fraction of sp³-hybridized carbons (Fsp3) is 0.158. The van der Waals surface area contributed by atoms with Gasteiger partial charge in [0.2, 0.25) is 0 Å². The van der Waals surface area contributed by atoms with E-state index in [4.69, 9.17) is 0 Å². The molecular formula is C19H14BrNO2. The third-order valence-electron chi connectivity index (χ3n) is 4.42. The first-order valence-electron chi connectivity index (χ1n) is 7.57. The summed E-state index contributed by atoms with van der Waals surface area (Å²) in [6.45, 7) is 0. The number of ketones is 2. The molecule has 4 heteroatoms. The van der Waals surface area contributed by atoms with Gasteiger partial charge in [-0.1, -0.05) is 30.3 Å². The summed E-state index contributed by atoms with van der Waals surface area (Å²) in [5.41, 5.74) is 2.89. The van der Waals surface area contributed by atoms with Crippen LogP contribution in [0.4, 0.5) is 0 Å². The summed E-state index contributed by atoms with van der Waals surface area (Å²) < 4.78 is 3.04. The van der Waals surface area contributed by atoms with Crippen LogP contribution in [0.5, 0.6) is 0 Å². The van der Waals surface area contributed by atoms with Crippen LogP contribution in [0.3, 0.4) is 0 Å². The number of hydrogen-bond donors (Lipinski definition) is 0. The summed E-state index contributed by atoms with van der Waals surface area (Å²) in [7, 11) is 0. The van der Waals surface area contributed by atoms with Gasteiger partial charge < -0.3 is 4.57 Å². The van der Waals surface area contributed by atoms with Crippen molar-refractivity contribution >= 4 is 33.6 Å². The lowest BCUT2D eigenvalue weighted by Gasteiger charge is -2.14. The van der Waals surface area contributed by atoms with Crippen LogP contribution < -0.4 is 0 Å². The standard InChI is InChI=1S/C19H14BrNO2/c20-14-10-15-8-13(19(23)12-4-2-1-3-5-12)9-16-17(21(15)11-14)6-7-18(16)22/h1-5,8-11,17H,6-7H2/t17-/m1/s1. The molecule has 2 aliphatic rings. The maximum atomic E-state index is 12.8. The van der Waals surface area contributed by atoms with Crippen LogP contribution in [-0.4, -0.2) is 16.1 Å². The van der Waals surface area contributed by atoms with E-state index in [1.807, 2.05) is 36.5 Å². The van der Waals surface area contributed by atoms with Gasteiger partial charge in [-0.3, -0.25) is 9.59 Å². The summed E-state index contributed by atoms with van der Waals surface area (Å²) in [4.78, 5) is 25.1. The summed E-state index contributed by atoms with van der Waals surface area (Å²) >= 11 is 3.49. The van der Waals surface area contributed by atoms with E-state index in [2.05, 4.69) is 20.5 Å². The van der Waals surface area contributed by atoms with E-state index in [-0.39, 0.29) is 17.6 Å². The number of aromatic nitrogens is 1. The van der Waals surface area contributed by atoms with Crippen molar-refractivity contribution in [3.63, 3.8) is 0 Å². The Morgan fingerprint density at radius 2 is 1.96 bits per heavy atom. The topological polar surface area (TPSA) is 39.1 Å². The SMILES string of the molecule is O=C1CC[C@@H]2C1=CC(C(=O)c1ccccc1)=Cc1cc(Br)cn12. The number of halogens is 1. The molecule has 1 fully saturated rings. The highest BCUT2D eigenvalue weighted by molar-refractivity contribution is 9.10. The van der Waals surface area contributed by atoms with Gasteiger partial charge in [0.05, 0.1) is 6.04 Å². The normalized spacial score (nSPS) is 19.5. The molecule has 0 spiro atoms. The maximum absolute atomic E-state index is 12.8. The molecule has 2 heterocycles. The highest BCUT2D eigenvalue weighted by Crippen LogP contribution is 2.38. The quantitative estimate of drug-likeness (QED) is 0.739. The molecule has 0 N–H and O–H groups in total. The predicted octanol–water partition coefficient (Wildman–Crippen LogP) is 4.36. The summed E-state index contributed by atoms with van der Waals surface area (Å²) in [6.07, 6.45) is 6.98. The van der Waals surface area contributed by atoms with Gasteiger partial charge in [-0.25, -0.2) is 0 Å². The van der Waals surface area contributed by atoms with E-state index in [1.54, 1.807) is 18.2 Å². The molecular weight excluding hydrogens is 354 g/mol. The van der Waals surface area contributed by atoms with Gasteiger partial charge in [-0.15, -0.1) is 0 Å². The van der Waals surface area contributed by atoms with Crippen LogP contribution in [0.2, 0.25) is 0 Å². The van der Waals surface area contributed by atoms with E-state index in [1.165, 1.54) is 0 Å². The molecule has 3 nitrogen and oxygen atoms in total. The minimum atomic E-state index is -0.0534. The lowest BCUT2D eigenvalue weighted by atomic mass is 9.99. The number of rotatable bonds is 2. The Hall–Kier alpha value is -2.20. The molecule has 1 aromatic carbocycles. The highest BCUT2D eigenvalue weighted by Gasteiger charge is 2.33. The van der Waals surface area contributed by atoms with Crippen molar-refractivity contribution < 1.29 is 9.59 Å². The molecule has 4 rings (SSSR count). The second-order valence-electron chi connectivity index (χ2n) is 5.86. The second kappa shape index (κ2) is 5.46. The fourth-order valence-corrected chi connectivity index (χ4v) is 3.78. The highest BCUT2D eigenvalue weighted by atomic mass is 79.9. The Kier molecular flexibility index (Phi) is 3.42. The summed E-state index contributed by atoms with van der Waals surface area (Å²) in [5, 5.41) is 0. The first kappa shape index (κ1) is 14.4. The lowest BCUT2D eigenvalue weighted by Crippen LogP contribution is -2.08. The average molecular weight is 368 g/mol. The first-order chi connectivity index (χ1) is 11.1. The number of hydrogen-bond acceptors (Lipinski definition) is 2. The van der Waals surface area contributed by atoms with E-state index in [0.29, 0.717) is 17.6 Å². The summed E-state index contributed by atoms with van der Waals surface area (Å²) in [6, 6.07) is 11.2. The molecule has 0 bridgehead atoms. The number of benzene rings is 1. The van der Waals surface area contributed by atoms with Gasteiger partial charge in [-0.2, -0.15) is 0 Å². The molecule has 1 saturated carbocycles. The second-order valence-corrected chi connectivity index (χ2v) is 6.78. The van der Waals surface area contributed by atoms with Crippen LogP contribution in [-0.2, 0) is 4.79 Å². The fourth-order valence-electron chi connectivity index (χ4n) is 3.32. The van der Waals surface area contributed by atoms with Crippen molar-refractivity contribution in [2.24, 2.45) is 0 Å². The lowest BCUT2D eigenvalue weighted by molar-refractivity contribution is -0.114. The predicted molar refractivity (Wildman–Crippen MR) is 92.2 cm³/mol. The molecule has 0 radical (unpaired) electrons. The Balaban J connectivity index is 1.87. The molecule has 0 saturated heterocycles. The van der Waals surface area contributed by atoms with Gasteiger partial charge in [0.1, 0.15) is 0 Å². The van der Waals surface area contributed by atoms with Crippen LogP contribution in [0, 0.1) is 0 Å². The summed E-state index contributed by atoms with van der Waals surface area (Å²) in [5.74, 6) is 0.0850. The van der Waals surface area contributed by atoms with Crippen molar-refractivity contribution in [1.82, 2.24) is 4.57 Å². The van der Waals surface area contributed by atoms with Crippen molar-refractivity contribution in [3.05, 3.63) is 75.5 Å². The number of Topliss-reactive ketones (excluding diaryl/α,β-unsaturated/α-hetero) is 2. The molecule has 0 amide bonds. The molecule has 23 heavy (non-hydrogen) atoms. The molecule has 2 aromatic rings. The Morgan fingerprint density at radius 3 is 2.74 bits per heavy atom. The van der Waals surface area contributed by atoms with Gasteiger partial charge >= 0.3 is 0 Å². The maximum Gasteiger partial charge on any atom is 0.193 e. The Bertz CT molecular complexity index is 874. The number of carbonyl (C=O) groups is 2. The average Bonchev–Trinajstić information content (AvgIpc) is 3.06. The van der Waals surface area contributed by atoms with Crippen LogP contribution >= 0.6 is 15.9 Å². The van der Waals surface area contributed by atoms with E-state index >= 15 is 0 Å². The van der Waals surface area contributed by atoms with Gasteiger partial charge in [-0.05, 0) is 40.6 Å². The number of carbonyl (C=O) groups excluding carboxylic acids is 2.